The van der Waals surface area contributed by atoms with E-state index in [-0.39, 0.29) is 0 Å². The summed E-state index contributed by atoms with van der Waals surface area (Å²) in [5.74, 6) is 1.44. The highest BCUT2D eigenvalue weighted by atomic mass is 16.5. The van der Waals surface area contributed by atoms with Crippen LogP contribution < -0.4 is 9.47 Å². The number of rotatable bonds is 3. The van der Waals surface area contributed by atoms with Crippen LogP contribution in [0.15, 0.2) is 42.5 Å². The summed E-state index contributed by atoms with van der Waals surface area (Å²) < 4.78 is 10.6. The topological polar surface area (TPSA) is 34.2 Å². The van der Waals surface area contributed by atoms with E-state index in [4.69, 9.17) is 9.47 Å². The van der Waals surface area contributed by atoms with Crippen molar-refractivity contribution in [1.82, 2.24) is 4.98 Å². The van der Waals surface area contributed by atoms with Gasteiger partial charge >= 0.3 is 0 Å². The molecular formula is C16H14NO2. The first-order valence-electron chi connectivity index (χ1n) is 6.04. The summed E-state index contributed by atoms with van der Waals surface area (Å²) in [5, 5.41) is 1.08. The van der Waals surface area contributed by atoms with E-state index in [1.54, 1.807) is 14.2 Å². The van der Waals surface area contributed by atoms with Crippen molar-refractivity contribution in [3.63, 3.8) is 0 Å². The van der Waals surface area contributed by atoms with E-state index < -0.39 is 0 Å². The van der Waals surface area contributed by atoms with Gasteiger partial charge in [-0.05, 0) is 24.3 Å². The van der Waals surface area contributed by atoms with E-state index in [0.717, 1.165) is 27.9 Å². The highest BCUT2D eigenvalue weighted by Crippen LogP contribution is 2.32. The summed E-state index contributed by atoms with van der Waals surface area (Å²) in [6.45, 7) is 0. The number of hydrogen-bond donors (Lipinski definition) is 1. The first-order valence-corrected chi connectivity index (χ1v) is 6.04. The zero-order valence-corrected chi connectivity index (χ0v) is 10.9. The van der Waals surface area contributed by atoms with Crippen LogP contribution in [-0.2, 0) is 0 Å². The lowest BCUT2D eigenvalue weighted by Crippen LogP contribution is -1.90. The van der Waals surface area contributed by atoms with E-state index >= 15 is 0 Å². The minimum atomic E-state index is 0.715. The first kappa shape index (κ1) is 11.7. The van der Waals surface area contributed by atoms with Gasteiger partial charge in [0.15, 0.2) is 11.5 Å². The van der Waals surface area contributed by atoms with Crippen LogP contribution in [0.5, 0.6) is 11.5 Å². The molecule has 19 heavy (non-hydrogen) atoms. The molecule has 0 atom stereocenters. The number of fused-ring (bicyclic) bond motifs is 1. The Bertz CT molecular complexity index is 683. The summed E-state index contributed by atoms with van der Waals surface area (Å²) in [6.07, 6.45) is 0. The quantitative estimate of drug-likeness (QED) is 0.772. The normalized spacial score (nSPS) is 10.6. The Morgan fingerprint density at radius 3 is 2.47 bits per heavy atom. The second kappa shape index (κ2) is 4.69. The highest BCUT2D eigenvalue weighted by Gasteiger charge is 2.08. The van der Waals surface area contributed by atoms with Gasteiger partial charge in [0.2, 0.25) is 0 Å². The van der Waals surface area contributed by atoms with Gasteiger partial charge < -0.3 is 14.5 Å². The average Bonchev–Trinajstić information content (AvgIpc) is 2.90. The molecule has 0 amide bonds. The summed E-state index contributed by atoms with van der Waals surface area (Å²) in [5.41, 5.74) is 3.04. The van der Waals surface area contributed by atoms with Crippen molar-refractivity contribution in [2.45, 2.75) is 0 Å². The molecule has 0 aliphatic carbocycles. The van der Waals surface area contributed by atoms with Crippen LogP contribution in [0.3, 0.4) is 0 Å². The molecule has 0 saturated heterocycles. The molecule has 0 fully saturated rings. The second-order valence-electron chi connectivity index (χ2n) is 4.24. The van der Waals surface area contributed by atoms with Crippen molar-refractivity contribution in [3.05, 3.63) is 48.5 Å². The van der Waals surface area contributed by atoms with E-state index in [1.165, 1.54) is 0 Å². The van der Waals surface area contributed by atoms with Gasteiger partial charge in [0.1, 0.15) is 0 Å². The fourth-order valence-electron chi connectivity index (χ4n) is 2.14. The molecule has 0 aliphatic heterocycles. The Labute approximate surface area is 111 Å². The van der Waals surface area contributed by atoms with Gasteiger partial charge in [0, 0.05) is 22.5 Å². The van der Waals surface area contributed by atoms with Crippen LogP contribution >= 0.6 is 0 Å². The van der Waals surface area contributed by atoms with Crippen molar-refractivity contribution < 1.29 is 9.47 Å². The zero-order chi connectivity index (χ0) is 13.2. The minimum absolute atomic E-state index is 0.715. The number of benzene rings is 2. The minimum Gasteiger partial charge on any atom is -0.493 e. The molecule has 1 aromatic heterocycles. The van der Waals surface area contributed by atoms with Gasteiger partial charge in [0.25, 0.3) is 0 Å². The monoisotopic (exact) mass is 252 g/mol. The van der Waals surface area contributed by atoms with Crippen molar-refractivity contribution in [1.29, 1.82) is 0 Å². The molecule has 3 aromatic rings. The SMILES string of the molecule is COc1ccc(-c2[c]c3ccccc3[nH]2)cc1OC. The van der Waals surface area contributed by atoms with Gasteiger partial charge in [-0.3, -0.25) is 0 Å². The van der Waals surface area contributed by atoms with Crippen LogP contribution in [-0.4, -0.2) is 19.2 Å². The van der Waals surface area contributed by atoms with Crippen molar-refractivity contribution in [2.24, 2.45) is 0 Å². The molecule has 0 spiro atoms. The third kappa shape index (κ3) is 2.03. The molecule has 0 unspecified atom stereocenters. The van der Waals surface area contributed by atoms with E-state index in [1.807, 2.05) is 42.5 Å². The average molecular weight is 252 g/mol. The predicted octanol–water partition coefficient (Wildman–Crippen LogP) is 3.65. The summed E-state index contributed by atoms with van der Waals surface area (Å²) in [7, 11) is 3.27. The lowest BCUT2D eigenvalue weighted by molar-refractivity contribution is 0.355. The molecule has 0 saturated carbocycles. The number of aromatic amines is 1. The Kier molecular flexibility index (Phi) is 2.88. The fraction of sp³-hybridized carbons (Fsp3) is 0.125. The van der Waals surface area contributed by atoms with Crippen LogP contribution in [0.1, 0.15) is 0 Å². The maximum Gasteiger partial charge on any atom is 0.161 e. The number of H-pyrrole nitrogens is 1. The fourth-order valence-corrected chi connectivity index (χ4v) is 2.14. The maximum atomic E-state index is 5.32. The largest absolute Gasteiger partial charge is 0.493 e. The number of aromatic nitrogens is 1. The second-order valence-corrected chi connectivity index (χ2v) is 4.24. The lowest BCUT2D eigenvalue weighted by atomic mass is 10.1. The van der Waals surface area contributed by atoms with Crippen LogP contribution in [0.25, 0.3) is 22.2 Å². The van der Waals surface area contributed by atoms with Gasteiger partial charge in [-0.25, -0.2) is 0 Å². The van der Waals surface area contributed by atoms with Gasteiger partial charge in [0.05, 0.1) is 19.9 Å². The molecule has 3 nitrogen and oxygen atoms in total. The number of methoxy groups -OCH3 is 2. The number of ether oxygens (including phenoxy) is 2. The molecule has 2 aromatic carbocycles. The van der Waals surface area contributed by atoms with Crippen molar-refractivity contribution in [3.8, 4) is 22.8 Å². The van der Waals surface area contributed by atoms with Crippen LogP contribution in [0.2, 0.25) is 0 Å². The van der Waals surface area contributed by atoms with Crippen LogP contribution in [0.4, 0.5) is 0 Å². The Morgan fingerprint density at radius 1 is 0.947 bits per heavy atom. The van der Waals surface area contributed by atoms with E-state index in [0.29, 0.717) is 5.75 Å². The van der Waals surface area contributed by atoms with Gasteiger partial charge in [-0.1, -0.05) is 18.2 Å². The Balaban J connectivity index is 2.10. The predicted molar refractivity (Wildman–Crippen MR) is 75.7 cm³/mol. The standard InChI is InChI=1S/C16H14NO2/c1-18-15-8-7-12(10-16(15)19-2)14-9-11-5-3-4-6-13(11)17-14/h3-8,10,17H,1-2H3. The van der Waals surface area contributed by atoms with Crippen LogP contribution in [0, 0.1) is 6.07 Å². The number of nitrogens with one attached hydrogen (secondary N) is 1. The third-order valence-corrected chi connectivity index (χ3v) is 3.12. The molecule has 3 heteroatoms. The maximum absolute atomic E-state index is 5.32. The molecule has 1 N–H and O–H groups in total. The first-order chi connectivity index (χ1) is 9.31. The Hall–Kier alpha value is -2.42. The summed E-state index contributed by atoms with van der Waals surface area (Å²) >= 11 is 0. The molecule has 1 radical (unpaired) electrons. The zero-order valence-electron chi connectivity index (χ0n) is 10.9. The smallest absolute Gasteiger partial charge is 0.161 e. The Morgan fingerprint density at radius 2 is 1.74 bits per heavy atom. The van der Waals surface area contributed by atoms with E-state index in [9.17, 15) is 0 Å². The van der Waals surface area contributed by atoms with E-state index in [2.05, 4.69) is 11.1 Å². The molecule has 95 valence electrons. The number of hydrogen-bond acceptors (Lipinski definition) is 2. The molecule has 3 rings (SSSR count). The lowest BCUT2D eigenvalue weighted by Gasteiger charge is -2.08. The molecule has 0 aliphatic rings. The van der Waals surface area contributed by atoms with Crippen molar-refractivity contribution in [2.75, 3.05) is 14.2 Å². The molecular weight excluding hydrogens is 238 g/mol. The summed E-state index contributed by atoms with van der Waals surface area (Å²) in [4.78, 5) is 3.35. The van der Waals surface area contributed by atoms with Crippen molar-refractivity contribution >= 4 is 10.9 Å². The van der Waals surface area contributed by atoms with Gasteiger partial charge in [-0.2, -0.15) is 0 Å². The van der Waals surface area contributed by atoms with Gasteiger partial charge in [-0.15, -0.1) is 0 Å². The number of para-hydroxylation sites is 1. The molecule has 1 heterocycles. The third-order valence-electron chi connectivity index (χ3n) is 3.12. The highest BCUT2D eigenvalue weighted by molar-refractivity contribution is 5.85. The summed E-state index contributed by atoms with van der Waals surface area (Å²) in [6, 6.07) is 17.3. The molecule has 0 bridgehead atoms.